The van der Waals surface area contributed by atoms with Crippen LogP contribution in [0.5, 0.6) is 0 Å². The Labute approximate surface area is 114 Å². The van der Waals surface area contributed by atoms with Gasteiger partial charge in [-0.1, -0.05) is 64.0 Å². The van der Waals surface area contributed by atoms with Gasteiger partial charge in [0.15, 0.2) is 0 Å². The van der Waals surface area contributed by atoms with Crippen molar-refractivity contribution in [3.8, 4) is 0 Å². The minimum absolute atomic E-state index is 0.340. The Morgan fingerprint density at radius 1 is 1.24 bits per heavy atom. The van der Waals surface area contributed by atoms with Gasteiger partial charge in [0.05, 0.1) is 4.83 Å². The largest absolute Gasteiger partial charge is 0.143 e. The molecule has 2 aromatic rings. The van der Waals surface area contributed by atoms with Crippen molar-refractivity contribution in [2.45, 2.75) is 31.5 Å². The number of hydrogen-bond acceptors (Lipinski definition) is 3. The van der Waals surface area contributed by atoms with Gasteiger partial charge >= 0.3 is 0 Å². The summed E-state index contributed by atoms with van der Waals surface area (Å²) in [7, 11) is 0. The number of halogens is 1. The minimum atomic E-state index is 0.340. The van der Waals surface area contributed by atoms with Gasteiger partial charge in [-0.2, -0.15) is 0 Å². The summed E-state index contributed by atoms with van der Waals surface area (Å²) < 4.78 is 0. The number of alkyl halides is 1. The molecule has 0 saturated carbocycles. The fraction of sp³-hybridized carbons (Fsp3) is 0.385. The number of nitrogens with zero attached hydrogens (tertiary/aromatic N) is 2. The molecule has 0 bridgehead atoms. The lowest BCUT2D eigenvalue weighted by molar-refractivity contribution is 0.862. The Morgan fingerprint density at radius 2 is 1.94 bits per heavy atom. The topological polar surface area (TPSA) is 25.8 Å². The normalized spacial score (nSPS) is 12.6. The van der Waals surface area contributed by atoms with E-state index in [9.17, 15) is 0 Å². The second-order valence-electron chi connectivity index (χ2n) is 4.07. The average Bonchev–Trinajstić information content (AvgIpc) is 2.80. The maximum absolute atomic E-state index is 4.24. The van der Waals surface area contributed by atoms with Crippen LogP contribution in [0.2, 0.25) is 0 Å². The summed E-state index contributed by atoms with van der Waals surface area (Å²) in [6.07, 6.45) is 1.92. The zero-order valence-electron chi connectivity index (χ0n) is 9.98. The first-order valence-electron chi connectivity index (χ1n) is 5.71. The average molecular weight is 311 g/mol. The molecule has 90 valence electrons. The van der Waals surface area contributed by atoms with E-state index in [0.717, 1.165) is 22.9 Å². The third-order valence-corrected chi connectivity index (χ3v) is 5.01. The van der Waals surface area contributed by atoms with Gasteiger partial charge in [-0.25, -0.2) is 0 Å². The van der Waals surface area contributed by atoms with Crippen molar-refractivity contribution in [1.82, 2.24) is 10.2 Å². The van der Waals surface area contributed by atoms with Crippen molar-refractivity contribution < 1.29 is 0 Å². The molecule has 1 heterocycles. The SMILES string of the molecule is CCC(Br)c1nnc(Cc2ccc(C)cc2)s1. The molecular weight excluding hydrogens is 296 g/mol. The summed E-state index contributed by atoms with van der Waals surface area (Å²) in [5.74, 6) is 0. The monoisotopic (exact) mass is 310 g/mol. The number of aryl methyl sites for hydroxylation is 1. The van der Waals surface area contributed by atoms with Crippen LogP contribution >= 0.6 is 27.3 Å². The van der Waals surface area contributed by atoms with Crippen LogP contribution in [-0.2, 0) is 6.42 Å². The Bertz CT molecular complexity index is 478. The highest BCUT2D eigenvalue weighted by Crippen LogP contribution is 2.29. The minimum Gasteiger partial charge on any atom is -0.143 e. The van der Waals surface area contributed by atoms with Crippen LogP contribution in [-0.4, -0.2) is 10.2 Å². The number of rotatable bonds is 4. The molecule has 17 heavy (non-hydrogen) atoms. The molecule has 0 fully saturated rings. The first-order chi connectivity index (χ1) is 8.19. The van der Waals surface area contributed by atoms with Crippen molar-refractivity contribution in [2.24, 2.45) is 0 Å². The van der Waals surface area contributed by atoms with Gasteiger partial charge in [0, 0.05) is 6.42 Å². The predicted molar refractivity (Wildman–Crippen MR) is 75.9 cm³/mol. The van der Waals surface area contributed by atoms with E-state index in [2.05, 4.69) is 64.2 Å². The fourth-order valence-corrected chi connectivity index (χ4v) is 2.83. The lowest BCUT2D eigenvalue weighted by Gasteiger charge is -1.99. The van der Waals surface area contributed by atoms with Crippen molar-refractivity contribution in [3.63, 3.8) is 0 Å². The van der Waals surface area contributed by atoms with Gasteiger partial charge in [0.2, 0.25) is 0 Å². The van der Waals surface area contributed by atoms with E-state index >= 15 is 0 Å². The Morgan fingerprint density at radius 3 is 2.59 bits per heavy atom. The van der Waals surface area contributed by atoms with E-state index in [1.54, 1.807) is 11.3 Å². The molecule has 0 aliphatic carbocycles. The lowest BCUT2D eigenvalue weighted by atomic mass is 10.1. The van der Waals surface area contributed by atoms with E-state index in [1.807, 2.05) is 0 Å². The Kier molecular flexibility index (Phi) is 4.29. The Hall–Kier alpha value is -0.740. The quantitative estimate of drug-likeness (QED) is 0.788. The molecule has 2 rings (SSSR count). The molecule has 0 aliphatic rings. The summed E-state index contributed by atoms with van der Waals surface area (Å²) in [4.78, 5) is 0.340. The van der Waals surface area contributed by atoms with E-state index in [-0.39, 0.29) is 0 Å². The molecule has 0 saturated heterocycles. The van der Waals surface area contributed by atoms with Crippen molar-refractivity contribution in [3.05, 3.63) is 45.4 Å². The van der Waals surface area contributed by atoms with Gasteiger partial charge in [0.25, 0.3) is 0 Å². The van der Waals surface area contributed by atoms with Gasteiger partial charge in [-0.05, 0) is 18.9 Å². The van der Waals surface area contributed by atoms with Crippen molar-refractivity contribution in [1.29, 1.82) is 0 Å². The molecular formula is C13H15BrN2S. The van der Waals surface area contributed by atoms with Gasteiger partial charge < -0.3 is 0 Å². The Balaban J connectivity index is 2.08. The van der Waals surface area contributed by atoms with Crippen LogP contribution in [0.25, 0.3) is 0 Å². The standard InChI is InChI=1S/C13H15BrN2S/c1-3-11(14)13-16-15-12(17-13)8-10-6-4-9(2)5-7-10/h4-7,11H,3,8H2,1-2H3. The molecule has 0 aliphatic heterocycles. The lowest BCUT2D eigenvalue weighted by Crippen LogP contribution is -1.87. The molecule has 1 aromatic heterocycles. The maximum atomic E-state index is 4.24. The zero-order valence-corrected chi connectivity index (χ0v) is 12.4. The van der Waals surface area contributed by atoms with E-state index < -0.39 is 0 Å². The van der Waals surface area contributed by atoms with Crippen LogP contribution in [0, 0.1) is 6.92 Å². The second-order valence-corrected chi connectivity index (χ2v) is 6.27. The number of hydrogen-bond donors (Lipinski definition) is 0. The molecule has 1 atom stereocenters. The first-order valence-corrected chi connectivity index (χ1v) is 7.44. The zero-order chi connectivity index (χ0) is 12.3. The second kappa shape index (κ2) is 5.74. The molecule has 1 unspecified atom stereocenters. The van der Waals surface area contributed by atoms with Crippen LogP contribution in [0.4, 0.5) is 0 Å². The third kappa shape index (κ3) is 3.36. The highest BCUT2D eigenvalue weighted by atomic mass is 79.9. The highest BCUT2D eigenvalue weighted by molar-refractivity contribution is 9.09. The number of aromatic nitrogens is 2. The predicted octanol–water partition coefficient (Wildman–Crippen LogP) is 4.28. The van der Waals surface area contributed by atoms with Crippen LogP contribution < -0.4 is 0 Å². The van der Waals surface area contributed by atoms with Gasteiger partial charge in [-0.3, -0.25) is 0 Å². The summed E-state index contributed by atoms with van der Waals surface area (Å²) in [6, 6.07) is 8.58. The molecule has 2 nitrogen and oxygen atoms in total. The van der Waals surface area contributed by atoms with E-state index in [4.69, 9.17) is 0 Å². The summed E-state index contributed by atoms with van der Waals surface area (Å²) in [5, 5.41) is 10.6. The summed E-state index contributed by atoms with van der Waals surface area (Å²) in [5.41, 5.74) is 2.58. The molecule has 0 N–H and O–H groups in total. The van der Waals surface area contributed by atoms with Crippen LogP contribution in [0.1, 0.15) is 39.3 Å². The van der Waals surface area contributed by atoms with Crippen LogP contribution in [0.3, 0.4) is 0 Å². The molecule has 0 radical (unpaired) electrons. The van der Waals surface area contributed by atoms with Gasteiger partial charge in [-0.15, -0.1) is 10.2 Å². The molecule has 0 spiro atoms. The van der Waals surface area contributed by atoms with Gasteiger partial charge in [0.1, 0.15) is 10.0 Å². The fourth-order valence-electron chi connectivity index (χ4n) is 1.52. The van der Waals surface area contributed by atoms with E-state index in [0.29, 0.717) is 4.83 Å². The molecule has 0 amide bonds. The molecule has 4 heteroatoms. The highest BCUT2D eigenvalue weighted by Gasteiger charge is 2.11. The summed E-state index contributed by atoms with van der Waals surface area (Å²) >= 11 is 5.30. The molecule has 1 aromatic carbocycles. The smallest absolute Gasteiger partial charge is 0.131 e. The van der Waals surface area contributed by atoms with Crippen molar-refractivity contribution in [2.75, 3.05) is 0 Å². The summed E-state index contributed by atoms with van der Waals surface area (Å²) in [6.45, 7) is 4.24. The first kappa shape index (κ1) is 12.7. The number of benzene rings is 1. The maximum Gasteiger partial charge on any atom is 0.131 e. The van der Waals surface area contributed by atoms with Crippen LogP contribution in [0.15, 0.2) is 24.3 Å². The van der Waals surface area contributed by atoms with Crippen molar-refractivity contribution >= 4 is 27.3 Å². The third-order valence-electron chi connectivity index (χ3n) is 2.58. The van der Waals surface area contributed by atoms with E-state index in [1.165, 1.54) is 11.1 Å².